The number of ether oxygens (including phenoxy) is 1. The summed E-state index contributed by atoms with van der Waals surface area (Å²) in [5.41, 5.74) is 0.857. The molecule has 5 heteroatoms. The van der Waals surface area contributed by atoms with Gasteiger partial charge < -0.3 is 14.5 Å². The Balaban J connectivity index is 1.93. The van der Waals surface area contributed by atoms with Crippen molar-refractivity contribution in [1.82, 2.24) is 9.80 Å². The third-order valence-electron chi connectivity index (χ3n) is 4.94. The maximum Gasteiger partial charge on any atom is 0.263 e. The topological polar surface area (TPSA) is 49.9 Å². The summed E-state index contributed by atoms with van der Waals surface area (Å²) < 4.78 is 5.86. The molecule has 2 amide bonds. The zero-order valence-corrected chi connectivity index (χ0v) is 17.6. The first kappa shape index (κ1) is 21.3. The van der Waals surface area contributed by atoms with Crippen LogP contribution in [0.25, 0.3) is 0 Å². The molecule has 27 heavy (non-hydrogen) atoms. The van der Waals surface area contributed by atoms with Gasteiger partial charge in [0, 0.05) is 31.6 Å². The van der Waals surface area contributed by atoms with Gasteiger partial charge in [-0.1, -0.05) is 46.8 Å². The van der Waals surface area contributed by atoms with Crippen molar-refractivity contribution in [3.05, 3.63) is 29.8 Å². The Kier molecular flexibility index (Phi) is 6.90. The third kappa shape index (κ3) is 5.72. The van der Waals surface area contributed by atoms with E-state index in [1.54, 1.807) is 6.92 Å². The lowest BCUT2D eigenvalue weighted by atomic mass is 9.94. The van der Waals surface area contributed by atoms with Crippen LogP contribution in [-0.2, 0) is 9.59 Å². The molecule has 0 radical (unpaired) electrons. The Morgan fingerprint density at radius 2 is 1.48 bits per heavy atom. The van der Waals surface area contributed by atoms with Crippen LogP contribution in [0.1, 0.15) is 59.4 Å². The molecule has 1 heterocycles. The van der Waals surface area contributed by atoms with E-state index in [0.29, 0.717) is 37.8 Å². The highest BCUT2D eigenvalue weighted by Gasteiger charge is 2.30. The van der Waals surface area contributed by atoms with Gasteiger partial charge in [0.05, 0.1) is 0 Å². The molecule has 1 unspecified atom stereocenters. The van der Waals surface area contributed by atoms with E-state index in [9.17, 15) is 9.59 Å². The molecule has 0 bridgehead atoms. The normalized spacial score (nSPS) is 16.9. The minimum Gasteiger partial charge on any atom is -0.481 e. The van der Waals surface area contributed by atoms with Gasteiger partial charge in [0.2, 0.25) is 5.91 Å². The molecule has 1 aliphatic rings. The number of nitrogens with zero attached hydrogens (tertiary/aromatic N) is 2. The van der Waals surface area contributed by atoms with Crippen LogP contribution >= 0.6 is 0 Å². The Labute approximate surface area is 163 Å². The van der Waals surface area contributed by atoms with Crippen LogP contribution in [0.2, 0.25) is 0 Å². The van der Waals surface area contributed by atoms with Gasteiger partial charge >= 0.3 is 0 Å². The van der Waals surface area contributed by atoms with Gasteiger partial charge in [0.1, 0.15) is 5.75 Å². The number of rotatable bonds is 4. The van der Waals surface area contributed by atoms with E-state index in [2.05, 4.69) is 13.8 Å². The Morgan fingerprint density at radius 1 is 0.926 bits per heavy atom. The van der Waals surface area contributed by atoms with E-state index in [1.165, 1.54) is 5.56 Å². The average Bonchev–Trinajstić information content (AvgIpc) is 2.86. The molecule has 0 saturated carbocycles. The molecule has 1 aromatic rings. The van der Waals surface area contributed by atoms with Crippen molar-refractivity contribution in [1.29, 1.82) is 0 Å². The number of amides is 2. The van der Waals surface area contributed by atoms with E-state index in [1.807, 2.05) is 54.8 Å². The first-order valence-corrected chi connectivity index (χ1v) is 9.94. The standard InChI is InChI=1S/C22H34N2O3/c1-16(2)18-8-10-19(11-9-18)27-17(3)20(25)23-12-7-13-24(15-14-23)21(26)22(4,5)6/h8-11,16-17H,7,12-15H2,1-6H3. The van der Waals surface area contributed by atoms with Crippen molar-refractivity contribution in [3.8, 4) is 5.75 Å². The zero-order valence-electron chi connectivity index (χ0n) is 17.6. The number of benzene rings is 1. The average molecular weight is 375 g/mol. The lowest BCUT2D eigenvalue weighted by Gasteiger charge is -2.29. The fourth-order valence-corrected chi connectivity index (χ4v) is 3.26. The molecule has 1 saturated heterocycles. The first-order valence-electron chi connectivity index (χ1n) is 9.94. The molecule has 150 valence electrons. The molecule has 1 aromatic carbocycles. The van der Waals surface area contributed by atoms with Gasteiger partial charge in [-0.3, -0.25) is 9.59 Å². The quantitative estimate of drug-likeness (QED) is 0.808. The largest absolute Gasteiger partial charge is 0.481 e. The fourth-order valence-electron chi connectivity index (χ4n) is 3.26. The van der Waals surface area contributed by atoms with Crippen molar-refractivity contribution < 1.29 is 14.3 Å². The van der Waals surface area contributed by atoms with Crippen molar-refractivity contribution in [2.24, 2.45) is 5.41 Å². The summed E-state index contributed by atoms with van der Waals surface area (Å²) >= 11 is 0. The molecular weight excluding hydrogens is 340 g/mol. The second-order valence-electron chi connectivity index (χ2n) is 8.70. The van der Waals surface area contributed by atoms with Crippen molar-refractivity contribution in [3.63, 3.8) is 0 Å². The zero-order chi connectivity index (χ0) is 20.2. The van der Waals surface area contributed by atoms with E-state index in [4.69, 9.17) is 4.74 Å². The summed E-state index contributed by atoms with van der Waals surface area (Å²) in [5.74, 6) is 1.30. The molecule has 1 aliphatic heterocycles. The second-order valence-corrected chi connectivity index (χ2v) is 8.70. The lowest BCUT2D eigenvalue weighted by molar-refractivity contribution is -0.141. The summed E-state index contributed by atoms with van der Waals surface area (Å²) in [6, 6.07) is 7.93. The maximum atomic E-state index is 12.8. The minimum absolute atomic E-state index is 0.0204. The second kappa shape index (κ2) is 8.77. The Bertz CT molecular complexity index is 647. The van der Waals surface area contributed by atoms with Crippen LogP contribution in [0.3, 0.4) is 0 Å². The highest BCUT2D eigenvalue weighted by molar-refractivity contribution is 5.82. The number of hydrogen-bond donors (Lipinski definition) is 0. The van der Waals surface area contributed by atoms with E-state index < -0.39 is 11.5 Å². The molecule has 1 fully saturated rings. The molecule has 0 aromatic heterocycles. The van der Waals surface area contributed by atoms with Gasteiger partial charge in [-0.05, 0) is 37.0 Å². The summed E-state index contributed by atoms with van der Waals surface area (Å²) in [4.78, 5) is 29.0. The lowest BCUT2D eigenvalue weighted by Crippen LogP contribution is -2.44. The number of hydrogen-bond acceptors (Lipinski definition) is 3. The van der Waals surface area contributed by atoms with E-state index >= 15 is 0 Å². The molecule has 1 atom stereocenters. The molecule has 0 spiro atoms. The summed E-state index contributed by atoms with van der Waals surface area (Å²) in [5, 5.41) is 0. The summed E-state index contributed by atoms with van der Waals surface area (Å²) in [6.07, 6.45) is 0.253. The van der Waals surface area contributed by atoms with Gasteiger partial charge in [0.15, 0.2) is 6.10 Å². The monoisotopic (exact) mass is 374 g/mol. The maximum absolute atomic E-state index is 12.8. The molecule has 2 rings (SSSR count). The molecular formula is C22H34N2O3. The Morgan fingerprint density at radius 3 is 2.04 bits per heavy atom. The highest BCUT2D eigenvalue weighted by atomic mass is 16.5. The Hall–Kier alpha value is -2.04. The third-order valence-corrected chi connectivity index (χ3v) is 4.94. The first-order chi connectivity index (χ1) is 12.6. The minimum atomic E-state index is -0.542. The molecule has 0 N–H and O–H groups in total. The smallest absolute Gasteiger partial charge is 0.263 e. The van der Waals surface area contributed by atoms with Crippen LogP contribution < -0.4 is 4.74 Å². The van der Waals surface area contributed by atoms with Gasteiger partial charge in [0.25, 0.3) is 5.91 Å². The predicted molar refractivity (Wildman–Crippen MR) is 108 cm³/mol. The van der Waals surface area contributed by atoms with Crippen LogP contribution in [0.4, 0.5) is 0 Å². The van der Waals surface area contributed by atoms with Crippen LogP contribution in [-0.4, -0.2) is 53.9 Å². The SMILES string of the molecule is CC(Oc1ccc(C(C)C)cc1)C(=O)N1CCCN(C(=O)C(C)(C)C)CC1. The molecule has 5 nitrogen and oxygen atoms in total. The van der Waals surface area contributed by atoms with Crippen molar-refractivity contribution >= 4 is 11.8 Å². The fraction of sp³-hybridized carbons (Fsp3) is 0.636. The number of carbonyl (C=O) groups is 2. The van der Waals surface area contributed by atoms with Crippen LogP contribution in [0.15, 0.2) is 24.3 Å². The van der Waals surface area contributed by atoms with Gasteiger partial charge in [-0.2, -0.15) is 0 Å². The van der Waals surface area contributed by atoms with E-state index in [0.717, 1.165) is 6.42 Å². The van der Waals surface area contributed by atoms with Gasteiger partial charge in [-0.15, -0.1) is 0 Å². The highest BCUT2D eigenvalue weighted by Crippen LogP contribution is 2.21. The van der Waals surface area contributed by atoms with Crippen LogP contribution in [0, 0.1) is 5.41 Å². The van der Waals surface area contributed by atoms with Crippen molar-refractivity contribution in [2.75, 3.05) is 26.2 Å². The van der Waals surface area contributed by atoms with Gasteiger partial charge in [-0.25, -0.2) is 0 Å². The number of carbonyl (C=O) groups excluding carboxylic acids is 2. The summed E-state index contributed by atoms with van der Waals surface area (Å²) in [7, 11) is 0. The van der Waals surface area contributed by atoms with Crippen molar-refractivity contribution in [2.45, 2.75) is 60.0 Å². The summed E-state index contributed by atoms with van der Waals surface area (Å²) in [6.45, 7) is 14.4. The van der Waals surface area contributed by atoms with E-state index in [-0.39, 0.29) is 11.8 Å². The molecule has 0 aliphatic carbocycles. The predicted octanol–water partition coefficient (Wildman–Crippen LogP) is 3.68. The van der Waals surface area contributed by atoms with Crippen LogP contribution in [0.5, 0.6) is 5.75 Å².